The van der Waals surface area contributed by atoms with E-state index in [9.17, 15) is 43.2 Å². The number of phosphoric acid groups is 2. The molecule has 0 aliphatic carbocycles. The van der Waals surface area contributed by atoms with Crippen LogP contribution < -0.4 is 0 Å². The van der Waals surface area contributed by atoms with E-state index >= 15 is 0 Å². The molecule has 0 heterocycles. The normalized spacial score (nSPS) is 13.9. The zero-order chi connectivity index (χ0) is 76.0. The van der Waals surface area contributed by atoms with Gasteiger partial charge in [0.25, 0.3) is 0 Å². The lowest BCUT2D eigenvalue weighted by Gasteiger charge is -2.21. The van der Waals surface area contributed by atoms with Crippen LogP contribution >= 0.6 is 15.6 Å². The molecule has 0 saturated carbocycles. The van der Waals surface area contributed by atoms with Crippen molar-refractivity contribution >= 4 is 39.5 Å². The SMILES string of the molecule is CCCCC/C=C\C/C=C\CCCCCCCC(=O)O[C@H](COC(=O)CCCCCCCCCCCCCCCCCCC)COP(=O)(O)OC[C@@H](O)COP(=O)(O)OC[C@@H](COC(=O)CCCCCCCCCCCCCCCCC)OC(=O)CCCCCCCCCCCCCCCCCCC. The Morgan fingerprint density at radius 1 is 0.269 bits per heavy atom. The molecule has 5 atom stereocenters. The van der Waals surface area contributed by atoms with E-state index < -0.39 is 97.5 Å². The molecule has 3 N–H and O–H groups in total. The number of carbonyl (C=O) groups is 4. The fourth-order valence-corrected chi connectivity index (χ4v) is 14.4. The summed E-state index contributed by atoms with van der Waals surface area (Å²) in [6, 6.07) is 0. The molecular formula is C85H162O17P2. The average Bonchev–Trinajstić information content (AvgIpc) is 0.935. The highest BCUT2D eigenvalue weighted by molar-refractivity contribution is 7.47. The van der Waals surface area contributed by atoms with E-state index in [1.807, 2.05) is 0 Å². The topological polar surface area (TPSA) is 237 Å². The Kier molecular flexibility index (Phi) is 76.8. The number of hydrogen-bond acceptors (Lipinski definition) is 15. The highest BCUT2D eigenvalue weighted by Crippen LogP contribution is 2.45. The first kappa shape index (κ1) is 102. The maximum Gasteiger partial charge on any atom is 0.472 e. The lowest BCUT2D eigenvalue weighted by Crippen LogP contribution is -2.30. The van der Waals surface area contributed by atoms with E-state index in [1.54, 1.807) is 0 Å². The third-order valence-electron chi connectivity index (χ3n) is 19.4. The number of allylic oxidation sites excluding steroid dienone is 4. The molecule has 0 amide bonds. The lowest BCUT2D eigenvalue weighted by molar-refractivity contribution is -0.161. The molecule has 0 spiro atoms. The van der Waals surface area contributed by atoms with Gasteiger partial charge in [-0.1, -0.05) is 379 Å². The summed E-state index contributed by atoms with van der Waals surface area (Å²) in [7, 11) is -9.94. The molecule has 104 heavy (non-hydrogen) atoms. The van der Waals surface area contributed by atoms with Crippen LogP contribution in [0.1, 0.15) is 439 Å². The Morgan fingerprint density at radius 3 is 0.731 bits per heavy atom. The van der Waals surface area contributed by atoms with Crippen LogP contribution in [0.15, 0.2) is 24.3 Å². The average molecular weight is 1520 g/mol. The van der Waals surface area contributed by atoms with Crippen molar-refractivity contribution in [2.75, 3.05) is 39.6 Å². The zero-order valence-electron chi connectivity index (χ0n) is 67.5. The summed E-state index contributed by atoms with van der Waals surface area (Å²) in [6.45, 7) is 4.99. The van der Waals surface area contributed by atoms with Crippen LogP contribution in [0.25, 0.3) is 0 Å². The first-order chi connectivity index (χ1) is 50.7. The number of aliphatic hydroxyl groups excluding tert-OH is 1. The van der Waals surface area contributed by atoms with E-state index in [4.69, 9.17) is 37.0 Å². The number of aliphatic hydroxyl groups is 1. The van der Waals surface area contributed by atoms with Gasteiger partial charge in [-0.05, 0) is 57.8 Å². The number of phosphoric ester groups is 2. The molecule has 0 bridgehead atoms. The number of unbranched alkanes of at least 4 members (excludes halogenated alkanes) is 54. The van der Waals surface area contributed by atoms with E-state index in [0.29, 0.717) is 25.7 Å². The summed E-state index contributed by atoms with van der Waals surface area (Å²) >= 11 is 0. The highest BCUT2D eigenvalue weighted by atomic mass is 31.2. The van der Waals surface area contributed by atoms with Gasteiger partial charge in [0, 0.05) is 25.7 Å². The van der Waals surface area contributed by atoms with E-state index in [1.165, 1.54) is 250 Å². The first-order valence-corrected chi connectivity index (χ1v) is 46.6. The summed E-state index contributed by atoms with van der Waals surface area (Å²) in [5.41, 5.74) is 0. The van der Waals surface area contributed by atoms with Crippen LogP contribution in [0.5, 0.6) is 0 Å². The van der Waals surface area contributed by atoms with Crippen LogP contribution in [0.3, 0.4) is 0 Å². The van der Waals surface area contributed by atoms with Gasteiger partial charge in [-0.2, -0.15) is 0 Å². The van der Waals surface area contributed by atoms with Crippen molar-refractivity contribution in [2.24, 2.45) is 0 Å². The van der Waals surface area contributed by atoms with Gasteiger partial charge in [0.15, 0.2) is 12.2 Å². The summed E-state index contributed by atoms with van der Waals surface area (Å²) in [4.78, 5) is 73.2. The van der Waals surface area contributed by atoms with Crippen molar-refractivity contribution in [1.82, 2.24) is 0 Å². The van der Waals surface area contributed by atoms with Crippen molar-refractivity contribution in [1.29, 1.82) is 0 Å². The van der Waals surface area contributed by atoms with Gasteiger partial charge < -0.3 is 33.8 Å². The second kappa shape index (κ2) is 78.7. The Morgan fingerprint density at radius 2 is 0.471 bits per heavy atom. The van der Waals surface area contributed by atoms with E-state index in [2.05, 4.69) is 52.0 Å². The van der Waals surface area contributed by atoms with Crippen LogP contribution in [0, 0.1) is 0 Å². The Balaban J connectivity index is 5.30. The third-order valence-corrected chi connectivity index (χ3v) is 21.4. The fourth-order valence-electron chi connectivity index (χ4n) is 12.8. The predicted octanol–water partition coefficient (Wildman–Crippen LogP) is 25.7. The molecule has 0 rings (SSSR count). The minimum absolute atomic E-state index is 0.0879. The number of esters is 4. The number of ether oxygens (including phenoxy) is 4. The summed E-state index contributed by atoms with van der Waals surface area (Å²) in [6.07, 6.45) is 75.6. The van der Waals surface area contributed by atoms with Crippen molar-refractivity contribution in [3.05, 3.63) is 24.3 Å². The molecule has 17 nitrogen and oxygen atoms in total. The number of hydrogen-bond donors (Lipinski definition) is 3. The molecule has 0 saturated heterocycles. The molecule has 0 aromatic carbocycles. The molecule has 0 aromatic heterocycles. The molecule has 614 valence electrons. The molecule has 19 heteroatoms. The molecule has 0 aliphatic rings. The van der Waals surface area contributed by atoms with Crippen molar-refractivity contribution in [2.45, 2.75) is 457 Å². The highest BCUT2D eigenvalue weighted by Gasteiger charge is 2.30. The third kappa shape index (κ3) is 77.7. The molecule has 0 fully saturated rings. The van der Waals surface area contributed by atoms with Gasteiger partial charge in [-0.3, -0.25) is 37.3 Å². The second-order valence-electron chi connectivity index (χ2n) is 29.9. The molecular weight excluding hydrogens is 1350 g/mol. The van der Waals surface area contributed by atoms with E-state index in [-0.39, 0.29) is 25.7 Å². The van der Waals surface area contributed by atoms with Gasteiger partial charge >= 0.3 is 39.5 Å². The summed E-state index contributed by atoms with van der Waals surface area (Å²) < 4.78 is 68.9. The quantitative estimate of drug-likeness (QED) is 0.0169. The second-order valence-corrected chi connectivity index (χ2v) is 32.8. The summed E-state index contributed by atoms with van der Waals surface area (Å²) in [5, 5.41) is 10.7. The van der Waals surface area contributed by atoms with Gasteiger partial charge in [-0.15, -0.1) is 0 Å². The van der Waals surface area contributed by atoms with Gasteiger partial charge in [0.1, 0.15) is 19.3 Å². The predicted molar refractivity (Wildman–Crippen MR) is 428 cm³/mol. The fraction of sp³-hybridized carbons (Fsp3) is 0.906. The van der Waals surface area contributed by atoms with Gasteiger partial charge in [0.05, 0.1) is 26.4 Å². The first-order valence-electron chi connectivity index (χ1n) is 43.6. The standard InChI is InChI=1S/C85H162O17P2/c1-5-9-13-17-21-25-29-33-37-39-43-46-50-54-58-62-66-70-83(88)96-76-80(101-84(89)71-67-63-59-55-51-47-42-36-32-28-24-20-16-12-8-4)77-99-103(91,92)97-73-79(86)74-98-104(93,94)100-78-81(75-95-82(87)69-65-61-57-53-49-45-41-35-31-27-23-19-15-11-7-3)102-85(90)72-68-64-60-56-52-48-44-40-38-34-30-26-22-18-14-10-6-2/h24,28,36,42,79-81,86H,5-23,25-27,29-35,37-41,43-78H2,1-4H3,(H,91,92)(H,93,94)/b28-24-,42-36-/t79-,80-,81-/m1/s1. The van der Waals surface area contributed by atoms with Crippen molar-refractivity contribution in [3.63, 3.8) is 0 Å². The molecule has 2 unspecified atom stereocenters. The minimum Gasteiger partial charge on any atom is -0.462 e. The van der Waals surface area contributed by atoms with Crippen molar-refractivity contribution in [3.8, 4) is 0 Å². The Labute approximate surface area is 637 Å². The van der Waals surface area contributed by atoms with E-state index in [0.717, 1.165) is 109 Å². The molecule has 0 aliphatic heterocycles. The summed E-state index contributed by atoms with van der Waals surface area (Å²) in [5.74, 6) is -2.13. The van der Waals surface area contributed by atoms with Gasteiger partial charge in [-0.25, -0.2) is 9.13 Å². The Bertz CT molecular complexity index is 2060. The maximum absolute atomic E-state index is 13.1. The van der Waals surface area contributed by atoms with Gasteiger partial charge in [0.2, 0.25) is 0 Å². The monoisotopic (exact) mass is 1520 g/mol. The number of carbonyl (C=O) groups excluding carboxylic acids is 4. The van der Waals surface area contributed by atoms with Crippen molar-refractivity contribution < 1.29 is 80.2 Å². The largest absolute Gasteiger partial charge is 0.472 e. The Hall–Kier alpha value is -2.46. The van der Waals surface area contributed by atoms with Crippen LogP contribution in [0.4, 0.5) is 0 Å². The smallest absolute Gasteiger partial charge is 0.462 e. The molecule has 0 radical (unpaired) electrons. The number of rotatable bonds is 84. The van der Waals surface area contributed by atoms with Crippen LogP contribution in [-0.4, -0.2) is 96.7 Å². The lowest BCUT2D eigenvalue weighted by atomic mass is 10.0. The van der Waals surface area contributed by atoms with Crippen LogP contribution in [0.2, 0.25) is 0 Å². The zero-order valence-corrected chi connectivity index (χ0v) is 69.3. The van der Waals surface area contributed by atoms with Crippen LogP contribution in [-0.2, 0) is 65.4 Å². The maximum atomic E-state index is 13.1. The molecule has 0 aromatic rings. The minimum atomic E-state index is -4.97.